The summed E-state index contributed by atoms with van der Waals surface area (Å²) >= 11 is 0. The zero-order valence-corrected chi connectivity index (χ0v) is 12.1. The van der Waals surface area contributed by atoms with E-state index in [0.29, 0.717) is 6.42 Å². The van der Waals surface area contributed by atoms with Gasteiger partial charge in [-0.1, -0.05) is 6.92 Å². The van der Waals surface area contributed by atoms with Crippen molar-refractivity contribution in [2.24, 2.45) is 0 Å². The Morgan fingerprint density at radius 1 is 1.42 bits per heavy atom. The second-order valence-corrected chi connectivity index (χ2v) is 7.61. The van der Waals surface area contributed by atoms with E-state index in [4.69, 9.17) is 0 Å². The third kappa shape index (κ3) is 2.97. The molecule has 0 aromatic carbocycles. The summed E-state index contributed by atoms with van der Waals surface area (Å²) in [5, 5.41) is 3.03. The minimum Gasteiger partial charge on any atom is -0.302 e. The molecule has 2 rings (SSSR count). The van der Waals surface area contributed by atoms with Gasteiger partial charge in [0.15, 0.2) is 9.84 Å². The largest absolute Gasteiger partial charge is 0.302 e. The van der Waals surface area contributed by atoms with E-state index < -0.39 is 15.9 Å². The normalized spacial score (nSPS) is 32.0. The van der Waals surface area contributed by atoms with Gasteiger partial charge < -0.3 is 5.32 Å². The van der Waals surface area contributed by atoms with Crippen LogP contribution in [-0.2, 0) is 19.4 Å². The van der Waals surface area contributed by atoms with Gasteiger partial charge in [0, 0.05) is 12.1 Å². The van der Waals surface area contributed by atoms with Crippen molar-refractivity contribution in [3.05, 3.63) is 0 Å². The molecule has 1 N–H and O–H groups in total. The van der Waals surface area contributed by atoms with Gasteiger partial charge in [-0.25, -0.2) is 8.42 Å². The monoisotopic (exact) mass is 288 g/mol. The number of imide groups is 1. The van der Waals surface area contributed by atoms with Crippen LogP contribution in [0.1, 0.15) is 33.1 Å². The molecule has 3 atom stereocenters. The Bertz CT molecular complexity index is 488. The maximum Gasteiger partial charge on any atom is 0.247 e. The lowest BCUT2D eigenvalue weighted by Crippen LogP contribution is -2.46. The summed E-state index contributed by atoms with van der Waals surface area (Å²) in [6.07, 6.45) is 1.38. The first-order valence-corrected chi connectivity index (χ1v) is 8.48. The second kappa shape index (κ2) is 5.20. The molecule has 0 spiro atoms. The lowest BCUT2D eigenvalue weighted by Gasteiger charge is -2.22. The predicted octanol–water partition coefficient (Wildman–Crippen LogP) is -0.311. The van der Waals surface area contributed by atoms with Crippen molar-refractivity contribution < 1.29 is 18.0 Å². The fourth-order valence-corrected chi connectivity index (χ4v) is 4.32. The summed E-state index contributed by atoms with van der Waals surface area (Å²) < 4.78 is 22.8. The van der Waals surface area contributed by atoms with E-state index in [1.165, 1.54) is 4.90 Å². The Balaban J connectivity index is 2.00. The Labute approximate surface area is 113 Å². The van der Waals surface area contributed by atoms with E-state index in [1.807, 2.05) is 13.8 Å². The molecule has 2 aliphatic rings. The molecule has 0 aromatic rings. The summed E-state index contributed by atoms with van der Waals surface area (Å²) in [6, 6.07) is -0.859. The molecule has 2 aliphatic heterocycles. The molecule has 2 fully saturated rings. The molecule has 2 saturated heterocycles. The number of likely N-dealkylation sites (tertiary alicyclic amines) is 1. The molecule has 0 saturated carbocycles. The van der Waals surface area contributed by atoms with E-state index >= 15 is 0 Å². The van der Waals surface area contributed by atoms with Crippen LogP contribution in [0.3, 0.4) is 0 Å². The SMILES string of the molecule is CCC(C)N1C(=O)CC(NC2CCS(=O)(=O)C2)C1=O. The average Bonchev–Trinajstić information content (AvgIpc) is 2.80. The van der Waals surface area contributed by atoms with E-state index in [-0.39, 0.29) is 41.8 Å². The highest BCUT2D eigenvalue weighted by Gasteiger charge is 2.42. The molecule has 0 aromatic heterocycles. The molecule has 2 heterocycles. The number of hydrogen-bond acceptors (Lipinski definition) is 5. The van der Waals surface area contributed by atoms with Crippen molar-refractivity contribution >= 4 is 21.7 Å². The number of hydrogen-bond donors (Lipinski definition) is 1. The number of carbonyl (C=O) groups excluding carboxylic acids is 2. The first kappa shape index (κ1) is 14.5. The second-order valence-electron chi connectivity index (χ2n) is 5.38. The highest BCUT2D eigenvalue weighted by Crippen LogP contribution is 2.20. The van der Waals surface area contributed by atoms with Gasteiger partial charge in [-0.2, -0.15) is 0 Å². The van der Waals surface area contributed by atoms with Crippen LogP contribution in [0.5, 0.6) is 0 Å². The molecule has 108 valence electrons. The van der Waals surface area contributed by atoms with Gasteiger partial charge in [-0.15, -0.1) is 0 Å². The molecule has 0 aliphatic carbocycles. The van der Waals surface area contributed by atoms with Crippen LogP contribution >= 0.6 is 0 Å². The maximum absolute atomic E-state index is 12.2. The van der Waals surface area contributed by atoms with Gasteiger partial charge in [0.2, 0.25) is 11.8 Å². The van der Waals surface area contributed by atoms with Gasteiger partial charge in [0.1, 0.15) is 0 Å². The van der Waals surface area contributed by atoms with E-state index in [2.05, 4.69) is 5.32 Å². The van der Waals surface area contributed by atoms with Crippen LogP contribution < -0.4 is 5.32 Å². The highest BCUT2D eigenvalue weighted by atomic mass is 32.2. The number of nitrogens with zero attached hydrogens (tertiary/aromatic N) is 1. The zero-order valence-electron chi connectivity index (χ0n) is 11.3. The molecular weight excluding hydrogens is 268 g/mol. The highest BCUT2D eigenvalue weighted by molar-refractivity contribution is 7.91. The Morgan fingerprint density at radius 2 is 2.11 bits per heavy atom. The van der Waals surface area contributed by atoms with Crippen LogP contribution in [0.4, 0.5) is 0 Å². The lowest BCUT2D eigenvalue weighted by atomic mass is 10.2. The van der Waals surface area contributed by atoms with Crippen molar-refractivity contribution in [2.75, 3.05) is 11.5 Å². The number of sulfone groups is 1. The number of carbonyl (C=O) groups is 2. The number of amides is 2. The van der Waals surface area contributed by atoms with E-state index in [0.717, 1.165) is 6.42 Å². The Hall–Kier alpha value is -0.950. The van der Waals surface area contributed by atoms with Crippen molar-refractivity contribution in [3.8, 4) is 0 Å². The molecule has 7 heteroatoms. The molecule has 6 nitrogen and oxygen atoms in total. The van der Waals surface area contributed by atoms with Crippen LogP contribution in [0.25, 0.3) is 0 Å². The number of nitrogens with one attached hydrogen (secondary N) is 1. The predicted molar refractivity (Wildman–Crippen MR) is 70.2 cm³/mol. The van der Waals surface area contributed by atoms with Gasteiger partial charge in [-0.3, -0.25) is 14.5 Å². The smallest absolute Gasteiger partial charge is 0.247 e. The Morgan fingerprint density at radius 3 is 2.63 bits per heavy atom. The topological polar surface area (TPSA) is 83.6 Å². The summed E-state index contributed by atoms with van der Waals surface area (Å²) in [7, 11) is -2.97. The standard InChI is InChI=1S/C12H20N2O4S/c1-3-8(2)14-11(15)6-10(12(14)16)13-9-4-5-19(17,18)7-9/h8-10,13H,3-7H2,1-2H3. The summed E-state index contributed by atoms with van der Waals surface area (Å²) in [4.78, 5) is 25.3. The fourth-order valence-electron chi connectivity index (χ4n) is 2.64. The summed E-state index contributed by atoms with van der Waals surface area (Å²) in [5.41, 5.74) is 0. The Kier molecular flexibility index (Phi) is 3.96. The van der Waals surface area contributed by atoms with Crippen LogP contribution in [0, 0.1) is 0 Å². The zero-order chi connectivity index (χ0) is 14.2. The van der Waals surface area contributed by atoms with E-state index in [1.54, 1.807) is 0 Å². The van der Waals surface area contributed by atoms with E-state index in [9.17, 15) is 18.0 Å². The first-order chi connectivity index (χ1) is 8.84. The van der Waals surface area contributed by atoms with Crippen LogP contribution in [0.2, 0.25) is 0 Å². The first-order valence-electron chi connectivity index (χ1n) is 6.66. The molecule has 19 heavy (non-hydrogen) atoms. The minimum absolute atomic E-state index is 0.0638. The van der Waals surface area contributed by atoms with Crippen LogP contribution in [0.15, 0.2) is 0 Å². The van der Waals surface area contributed by atoms with Gasteiger partial charge in [0.25, 0.3) is 0 Å². The quantitative estimate of drug-likeness (QED) is 0.717. The molecule has 3 unspecified atom stereocenters. The minimum atomic E-state index is -2.97. The lowest BCUT2D eigenvalue weighted by molar-refractivity contribution is -0.141. The van der Waals surface area contributed by atoms with Crippen molar-refractivity contribution in [3.63, 3.8) is 0 Å². The third-order valence-corrected chi connectivity index (χ3v) is 5.65. The van der Waals surface area contributed by atoms with Crippen molar-refractivity contribution in [2.45, 2.75) is 51.2 Å². The average molecular weight is 288 g/mol. The molecule has 0 bridgehead atoms. The summed E-state index contributed by atoms with van der Waals surface area (Å²) in [5.74, 6) is -0.163. The number of rotatable bonds is 4. The van der Waals surface area contributed by atoms with Gasteiger partial charge in [-0.05, 0) is 19.8 Å². The fraction of sp³-hybridized carbons (Fsp3) is 0.833. The van der Waals surface area contributed by atoms with Gasteiger partial charge >= 0.3 is 0 Å². The van der Waals surface area contributed by atoms with Crippen LogP contribution in [-0.4, -0.2) is 54.8 Å². The van der Waals surface area contributed by atoms with Crippen molar-refractivity contribution in [1.29, 1.82) is 0 Å². The third-order valence-electron chi connectivity index (χ3n) is 3.88. The molecule has 0 radical (unpaired) electrons. The molecule has 2 amide bonds. The maximum atomic E-state index is 12.2. The summed E-state index contributed by atoms with van der Waals surface area (Å²) in [6.45, 7) is 3.77. The molecular formula is C12H20N2O4S. The van der Waals surface area contributed by atoms with Crippen molar-refractivity contribution in [1.82, 2.24) is 10.2 Å². The van der Waals surface area contributed by atoms with Gasteiger partial charge in [0.05, 0.1) is 24.0 Å².